The van der Waals surface area contributed by atoms with Crippen LogP contribution in [0.1, 0.15) is 17.2 Å². The molecule has 0 fully saturated rings. The number of nitrogens with one attached hydrogen (secondary N) is 2. The molecule has 2 N–H and O–H groups in total. The molecule has 3 nitrogen and oxygen atoms in total. The summed E-state index contributed by atoms with van der Waals surface area (Å²) < 4.78 is 5.22. The number of rotatable bonds is 6. The minimum Gasteiger partial charge on any atom is -0.497 e. The van der Waals surface area contributed by atoms with Crippen molar-refractivity contribution in [3.8, 4) is 5.75 Å². The molecule has 2 aromatic carbocycles. The average molecular weight is 312 g/mol. The fraction of sp³-hybridized carbons (Fsp3) is 0.167. The van der Waals surface area contributed by atoms with Crippen molar-refractivity contribution in [1.29, 1.82) is 0 Å². The molecule has 0 unspecified atom stereocenters. The standard InChI is InChI=1S/C18H20N2OS/c1-3-13-19-18(22)20-17(14-7-5-4-6-8-14)15-9-11-16(21-2)12-10-15/h3-12,17H,1,13H2,2H3,(H2,19,20,22)/t17-/m1/s1. The molecule has 0 aromatic heterocycles. The van der Waals surface area contributed by atoms with Gasteiger partial charge >= 0.3 is 0 Å². The smallest absolute Gasteiger partial charge is 0.167 e. The van der Waals surface area contributed by atoms with Crippen LogP contribution in [0.2, 0.25) is 0 Å². The fourth-order valence-electron chi connectivity index (χ4n) is 2.15. The maximum atomic E-state index is 5.35. The maximum absolute atomic E-state index is 5.35. The Kier molecular flexibility index (Phi) is 5.98. The van der Waals surface area contributed by atoms with Crippen LogP contribution in [0.5, 0.6) is 5.75 Å². The molecule has 0 radical (unpaired) electrons. The fourth-order valence-corrected chi connectivity index (χ4v) is 2.35. The molecular formula is C18H20N2OS. The first kappa shape index (κ1) is 16.0. The quantitative estimate of drug-likeness (QED) is 0.632. The van der Waals surface area contributed by atoms with Crippen molar-refractivity contribution < 1.29 is 4.74 Å². The molecule has 0 aliphatic heterocycles. The van der Waals surface area contributed by atoms with Crippen molar-refractivity contribution in [2.45, 2.75) is 6.04 Å². The third-order valence-corrected chi connectivity index (χ3v) is 3.53. The lowest BCUT2D eigenvalue weighted by Crippen LogP contribution is -2.38. The number of hydrogen-bond acceptors (Lipinski definition) is 2. The van der Waals surface area contributed by atoms with Crippen LogP contribution < -0.4 is 15.4 Å². The van der Waals surface area contributed by atoms with E-state index in [1.165, 1.54) is 0 Å². The second-order valence-corrected chi connectivity index (χ2v) is 5.17. The zero-order valence-corrected chi connectivity index (χ0v) is 13.4. The zero-order valence-electron chi connectivity index (χ0n) is 12.6. The van der Waals surface area contributed by atoms with Gasteiger partial charge in [0.1, 0.15) is 5.75 Å². The summed E-state index contributed by atoms with van der Waals surface area (Å²) in [5.74, 6) is 0.836. The summed E-state index contributed by atoms with van der Waals surface area (Å²) in [6.07, 6.45) is 1.78. The van der Waals surface area contributed by atoms with Gasteiger partial charge in [0.2, 0.25) is 0 Å². The highest BCUT2D eigenvalue weighted by molar-refractivity contribution is 7.80. The van der Waals surface area contributed by atoms with Gasteiger partial charge in [-0.3, -0.25) is 0 Å². The van der Waals surface area contributed by atoms with E-state index in [1.54, 1.807) is 13.2 Å². The highest BCUT2D eigenvalue weighted by atomic mass is 32.1. The Morgan fingerprint density at radius 3 is 2.36 bits per heavy atom. The first-order chi connectivity index (χ1) is 10.7. The average Bonchev–Trinajstić information content (AvgIpc) is 2.59. The van der Waals surface area contributed by atoms with Crippen LogP contribution in [0.4, 0.5) is 0 Å². The molecule has 0 aliphatic carbocycles. The lowest BCUT2D eigenvalue weighted by molar-refractivity contribution is 0.414. The summed E-state index contributed by atoms with van der Waals surface area (Å²) in [6.45, 7) is 4.32. The molecule has 0 amide bonds. The Balaban J connectivity index is 2.24. The third-order valence-electron chi connectivity index (χ3n) is 3.26. The summed E-state index contributed by atoms with van der Waals surface area (Å²) in [4.78, 5) is 0. The van der Waals surface area contributed by atoms with Crippen LogP contribution in [0.3, 0.4) is 0 Å². The Hall–Kier alpha value is -2.33. The van der Waals surface area contributed by atoms with E-state index < -0.39 is 0 Å². The van der Waals surface area contributed by atoms with Crippen molar-refractivity contribution in [2.75, 3.05) is 13.7 Å². The lowest BCUT2D eigenvalue weighted by Gasteiger charge is -2.22. The third kappa shape index (κ3) is 4.33. The van der Waals surface area contributed by atoms with Crippen molar-refractivity contribution in [1.82, 2.24) is 10.6 Å². The molecule has 0 bridgehead atoms. The Morgan fingerprint density at radius 2 is 1.77 bits per heavy atom. The van der Waals surface area contributed by atoms with Gasteiger partial charge in [-0.15, -0.1) is 6.58 Å². The van der Waals surface area contributed by atoms with Gasteiger partial charge in [-0.05, 0) is 35.5 Å². The van der Waals surface area contributed by atoms with Crippen LogP contribution in [-0.4, -0.2) is 18.8 Å². The lowest BCUT2D eigenvalue weighted by atomic mass is 9.99. The molecule has 0 spiro atoms. The number of ether oxygens (including phenoxy) is 1. The van der Waals surface area contributed by atoms with Gasteiger partial charge in [0.05, 0.1) is 13.2 Å². The zero-order chi connectivity index (χ0) is 15.8. The number of methoxy groups -OCH3 is 1. The van der Waals surface area contributed by atoms with Crippen molar-refractivity contribution in [3.05, 3.63) is 78.4 Å². The maximum Gasteiger partial charge on any atom is 0.167 e. The van der Waals surface area contributed by atoms with E-state index in [9.17, 15) is 0 Å². The summed E-state index contributed by atoms with van der Waals surface area (Å²) in [6, 6.07) is 18.2. The number of thiocarbonyl (C=S) groups is 1. The van der Waals surface area contributed by atoms with Gasteiger partial charge in [0.15, 0.2) is 5.11 Å². The van der Waals surface area contributed by atoms with Crippen molar-refractivity contribution >= 4 is 17.3 Å². The molecule has 0 saturated carbocycles. The summed E-state index contributed by atoms with van der Waals surface area (Å²) >= 11 is 5.35. The largest absolute Gasteiger partial charge is 0.497 e. The number of hydrogen-bond donors (Lipinski definition) is 2. The Labute approximate surface area is 137 Å². The molecule has 22 heavy (non-hydrogen) atoms. The first-order valence-corrected chi connectivity index (χ1v) is 7.49. The molecule has 0 heterocycles. The normalized spacial score (nSPS) is 11.3. The van der Waals surface area contributed by atoms with Gasteiger partial charge in [0, 0.05) is 6.54 Å². The van der Waals surface area contributed by atoms with Crippen molar-refractivity contribution in [2.24, 2.45) is 0 Å². The minimum absolute atomic E-state index is 0.0167. The molecule has 2 aromatic rings. The minimum atomic E-state index is -0.0167. The predicted octanol–water partition coefficient (Wildman–Crippen LogP) is 3.43. The topological polar surface area (TPSA) is 33.3 Å². The van der Waals surface area contributed by atoms with Gasteiger partial charge in [-0.2, -0.15) is 0 Å². The first-order valence-electron chi connectivity index (χ1n) is 7.08. The van der Waals surface area contributed by atoms with E-state index in [0.29, 0.717) is 11.7 Å². The van der Waals surface area contributed by atoms with E-state index in [2.05, 4.69) is 29.3 Å². The molecule has 0 saturated heterocycles. The second-order valence-electron chi connectivity index (χ2n) is 4.76. The highest BCUT2D eigenvalue weighted by Crippen LogP contribution is 2.24. The van der Waals surface area contributed by atoms with Gasteiger partial charge in [-0.1, -0.05) is 48.5 Å². The molecule has 2 rings (SSSR count). The van der Waals surface area contributed by atoms with E-state index in [4.69, 9.17) is 17.0 Å². The SMILES string of the molecule is C=CCNC(=S)N[C@H](c1ccccc1)c1ccc(OC)cc1. The molecular weight excluding hydrogens is 292 g/mol. The summed E-state index contributed by atoms with van der Waals surface area (Å²) in [7, 11) is 1.66. The Bertz CT molecular complexity index is 611. The van der Waals surface area contributed by atoms with E-state index >= 15 is 0 Å². The molecule has 114 valence electrons. The predicted molar refractivity (Wildman–Crippen MR) is 95.2 cm³/mol. The summed E-state index contributed by atoms with van der Waals surface area (Å²) in [5, 5.41) is 7.06. The second kappa shape index (κ2) is 8.20. The van der Waals surface area contributed by atoms with E-state index in [0.717, 1.165) is 16.9 Å². The molecule has 4 heteroatoms. The van der Waals surface area contributed by atoms with Crippen LogP contribution >= 0.6 is 12.2 Å². The highest BCUT2D eigenvalue weighted by Gasteiger charge is 2.14. The van der Waals surface area contributed by atoms with Gasteiger partial charge in [-0.25, -0.2) is 0 Å². The van der Waals surface area contributed by atoms with E-state index in [-0.39, 0.29) is 6.04 Å². The van der Waals surface area contributed by atoms with Crippen LogP contribution in [0.15, 0.2) is 67.3 Å². The molecule has 1 atom stereocenters. The number of benzene rings is 2. The van der Waals surface area contributed by atoms with Crippen molar-refractivity contribution in [3.63, 3.8) is 0 Å². The van der Waals surface area contributed by atoms with Crippen LogP contribution in [-0.2, 0) is 0 Å². The molecule has 0 aliphatic rings. The Morgan fingerprint density at radius 1 is 1.14 bits per heavy atom. The van der Waals surface area contributed by atoms with Gasteiger partial charge < -0.3 is 15.4 Å². The summed E-state index contributed by atoms with van der Waals surface area (Å²) in [5.41, 5.74) is 2.27. The van der Waals surface area contributed by atoms with E-state index in [1.807, 2.05) is 42.5 Å². The van der Waals surface area contributed by atoms with Crippen LogP contribution in [0.25, 0.3) is 0 Å². The van der Waals surface area contributed by atoms with Gasteiger partial charge in [0.25, 0.3) is 0 Å². The monoisotopic (exact) mass is 312 g/mol. The van der Waals surface area contributed by atoms with Crippen LogP contribution in [0, 0.1) is 0 Å².